The normalized spacial score (nSPS) is 11.9. The summed E-state index contributed by atoms with van der Waals surface area (Å²) in [5, 5.41) is 16.4. The highest BCUT2D eigenvalue weighted by atomic mass is 79.9. The van der Waals surface area contributed by atoms with Crippen LogP contribution in [0.5, 0.6) is 11.5 Å². The number of methoxy groups -OCH3 is 2. The van der Waals surface area contributed by atoms with Gasteiger partial charge < -0.3 is 30.2 Å². The summed E-state index contributed by atoms with van der Waals surface area (Å²) in [5.41, 5.74) is 2.58. The number of amides is 2. The number of carbonyl (C=O) groups is 1. The Bertz CT molecular complexity index is 973. The SMILES string of the molecule is COc1cc(Br)c(NC(=O)NC(CO)Cc2c[nH]c3ccccc23)cc1OC. The quantitative estimate of drug-likeness (QED) is 0.444. The molecule has 4 N–H and O–H groups in total. The summed E-state index contributed by atoms with van der Waals surface area (Å²) in [7, 11) is 3.07. The van der Waals surface area contributed by atoms with Crippen LogP contribution in [-0.2, 0) is 6.42 Å². The summed E-state index contributed by atoms with van der Waals surface area (Å²) in [5.74, 6) is 1.05. The zero-order valence-electron chi connectivity index (χ0n) is 15.6. The van der Waals surface area contributed by atoms with Crippen molar-refractivity contribution in [3.05, 3.63) is 52.6 Å². The highest BCUT2D eigenvalue weighted by Gasteiger charge is 2.16. The van der Waals surface area contributed by atoms with Gasteiger partial charge in [-0.25, -0.2) is 4.79 Å². The van der Waals surface area contributed by atoms with Crippen molar-refractivity contribution < 1.29 is 19.4 Å². The fourth-order valence-corrected chi connectivity index (χ4v) is 3.44. The highest BCUT2D eigenvalue weighted by Crippen LogP contribution is 2.36. The number of para-hydroxylation sites is 1. The van der Waals surface area contributed by atoms with Crippen molar-refractivity contribution in [1.29, 1.82) is 0 Å². The van der Waals surface area contributed by atoms with Gasteiger partial charge in [-0.05, 0) is 34.0 Å². The molecule has 3 aromatic rings. The average Bonchev–Trinajstić information content (AvgIpc) is 3.11. The van der Waals surface area contributed by atoms with Gasteiger partial charge in [0.05, 0.1) is 32.6 Å². The highest BCUT2D eigenvalue weighted by molar-refractivity contribution is 9.10. The van der Waals surface area contributed by atoms with Crippen LogP contribution >= 0.6 is 15.9 Å². The van der Waals surface area contributed by atoms with Crippen molar-refractivity contribution in [3.63, 3.8) is 0 Å². The van der Waals surface area contributed by atoms with Crippen molar-refractivity contribution in [3.8, 4) is 11.5 Å². The maximum absolute atomic E-state index is 12.4. The largest absolute Gasteiger partial charge is 0.493 e. The number of aromatic amines is 1. The second kappa shape index (κ2) is 8.99. The van der Waals surface area contributed by atoms with Gasteiger partial charge >= 0.3 is 6.03 Å². The van der Waals surface area contributed by atoms with Gasteiger partial charge in [0.2, 0.25) is 0 Å². The molecule has 3 rings (SSSR count). The standard InChI is InChI=1S/C20H22BrN3O4/c1-27-18-8-15(21)17(9-19(18)28-2)24-20(26)23-13(11-25)7-12-10-22-16-6-4-3-5-14(12)16/h3-6,8-10,13,22,25H,7,11H2,1-2H3,(H2,23,24,26). The van der Waals surface area contributed by atoms with Crippen LogP contribution in [-0.4, -0.2) is 43.0 Å². The predicted molar refractivity (Wildman–Crippen MR) is 112 cm³/mol. The number of halogens is 1. The summed E-state index contributed by atoms with van der Waals surface area (Å²) < 4.78 is 11.1. The van der Waals surface area contributed by atoms with Crippen molar-refractivity contribution >= 4 is 38.6 Å². The molecule has 28 heavy (non-hydrogen) atoms. The number of anilines is 1. The van der Waals surface area contributed by atoms with E-state index in [0.29, 0.717) is 28.1 Å². The van der Waals surface area contributed by atoms with Gasteiger partial charge in [0.15, 0.2) is 11.5 Å². The van der Waals surface area contributed by atoms with Crippen LogP contribution in [0.4, 0.5) is 10.5 Å². The minimum absolute atomic E-state index is 0.181. The van der Waals surface area contributed by atoms with Gasteiger partial charge in [0.1, 0.15) is 0 Å². The van der Waals surface area contributed by atoms with E-state index in [2.05, 4.69) is 31.5 Å². The number of H-pyrrole nitrogens is 1. The van der Waals surface area contributed by atoms with E-state index in [9.17, 15) is 9.90 Å². The molecule has 0 bridgehead atoms. The molecule has 0 radical (unpaired) electrons. The maximum Gasteiger partial charge on any atom is 0.319 e. The number of hydrogen-bond donors (Lipinski definition) is 4. The van der Waals surface area contributed by atoms with Gasteiger partial charge in [-0.15, -0.1) is 0 Å². The summed E-state index contributed by atoms with van der Waals surface area (Å²) in [4.78, 5) is 15.6. The number of aliphatic hydroxyl groups excluding tert-OH is 1. The lowest BCUT2D eigenvalue weighted by Gasteiger charge is -2.18. The second-order valence-electron chi connectivity index (χ2n) is 6.23. The Kier molecular flexibility index (Phi) is 6.43. The number of carbonyl (C=O) groups excluding carboxylic acids is 1. The Labute approximate surface area is 171 Å². The zero-order valence-corrected chi connectivity index (χ0v) is 17.2. The van der Waals surface area contributed by atoms with E-state index >= 15 is 0 Å². The number of aromatic nitrogens is 1. The summed E-state index contributed by atoms with van der Waals surface area (Å²) in [6.07, 6.45) is 2.40. The first-order chi connectivity index (χ1) is 13.5. The van der Waals surface area contributed by atoms with Crippen LogP contribution in [0.1, 0.15) is 5.56 Å². The molecule has 2 amide bonds. The van der Waals surface area contributed by atoms with Crippen LogP contribution in [0.15, 0.2) is 47.1 Å². The van der Waals surface area contributed by atoms with Gasteiger partial charge in [-0.1, -0.05) is 18.2 Å². The van der Waals surface area contributed by atoms with Crippen molar-refractivity contribution in [1.82, 2.24) is 10.3 Å². The Morgan fingerprint density at radius 2 is 1.93 bits per heavy atom. The summed E-state index contributed by atoms with van der Waals surface area (Å²) in [6, 6.07) is 10.4. The van der Waals surface area contributed by atoms with E-state index < -0.39 is 12.1 Å². The van der Waals surface area contributed by atoms with E-state index in [-0.39, 0.29) is 6.61 Å². The lowest BCUT2D eigenvalue weighted by Crippen LogP contribution is -2.41. The van der Waals surface area contributed by atoms with Crippen LogP contribution in [0.25, 0.3) is 10.9 Å². The molecular weight excluding hydrogens is 426 g/mol. The molecule has 1 aromatic heterocycles. The number of nitrogens with one attached hydrogen (secondary N) is 3. The van der Waals surface area contributed by atoms with E-state index in [1.54, 1.807) is 19.2 Å². The maximum atomic E-state index is 12.4. The zero-order chi connectivity index (χ0) is 20.1. The summed E-state index contributed by atoms with van der Waals surface area (Å²) >= 11 is 3.41. The first-order valence-electron chi connectivity index (χ1n) is 8.70. The Morgan fingerprint density at radius 1 is 1.21 bits per heavy atom. The topological polar surface area (TPSA) is 95.6 Å². The Morgan fingerprint density at radius 3 is 2.64 bits per heavy atom. The van der Waals surface area contributed by atoms with Crippen LogP contribution in [0.3, 0.4) is 0 Å². The first-order valence-corrected chi connectivity index (χ1v) is 9.50. The number of aliphatic hydroxyl groups is 1. The number of urea groups is 1. The number of ether oxygens (including phenoxy) is 2. The van der Waals surface area contributed by atoms with E-state index in [0.717, 1.165) is 16.5 Å². The van der Waals surface area contributed by atoms with E-state index in [1.807, 2.05) is 30.5 Å². The van der Waals surface area contributed by atoms with Gasteiger partial charge in [0, 0.05) is 33.7 Å². The number of benzene rings is 2. The fourth-order valence-electron chi connectivity index (χ4n) is 3.02. The van der Waals surface area contributed by atoms with Crippen molar-refractivity contribution in [2.45, 2.75) is 12.5 Å². The third-order valence-electron chi connectivity index (χ3n) is 4.42. The second-order valence-corrected chi connectivity index (χ2v) is 7.08. The molecule has 1 atom stereocenters. The Balaban J connectivity index is 1.69. The minimum atomic E-state index is -0.432. The molecule has 0 aliphatic heterocycles. The lowest BCUT2D eigenvalue weighted by molar-refractivity contribution is 0.224. The smallest absolute Gasteiger partial charge is 0.319 e. The molecule has 1 heterocycles. The number of rotatable bonds is 7. The molecule has 148 valence electrons. The van der Waals surface area contributed by atoms with E-state index in [1.165, 1.54) is 7.11 Å². The molecular formula is C20H22BrN3O4. The predicted octanol–water partition coefficient (Wildman–Crippen LogP) is 3.67. The number of fused-ring (bicyclic) bond motifs is 1. The fraction of sp³-hybridized carbons (Fsp3) is 0.250. The van der Waals surface area contributed by atoms with Gasteiger partial charge in [-0.3, -0.25) is 0 Å². The molecule has 0 spiro atoms. The lowest BCUT2D eigenvalue weighted by atomic mass is 10.1. The summed E-state index contributed by atoms with van der Waals surface area (Å²) in [6.45, 7) is -0.181. The Hall–Kier alpha value is -2.71. The van der Waals surface area contributed by atoms with Gasteiger partial charge in [0.25, 0.3) is 0 Å². The molecule has 0 fully saturated rings. The third-order valence-corrected chi connectivity index (χ3v) is 5.07. The molecule has 0 aliphatic carbocycles. The van der Waals surface area contributed by atoms with Crippen molar-refractivity contribution in [2.75, 3.05) is 26.1 Å². The average molecular weight is 448 g/mol. The molecule has 2 aromatic carbocycles. The number of hydrogen-bond acceptors (Lipinski definition) is 4. The van der Waals surface area contributed by atoms with Gasteiger partial charge in [-0.2, -0.15) is 0 Å². The first kappa shape index (κ1) is 20.0. The van der Waals surface area contributed by atoms with Crippen LogP contribution < -0.4 is 20.1 Å². The van der Waals surface area contributed by atoms with Crippen molar-refractivity contribution in [2.24, 2.45) is 0 Å². The minimum Gasteiger partial charge on any atom is -0.493 e. The molecule has 1 unspecified atom stereocenters. The molecule has 0 aliphatic rings. The van der Waals surface area contributed by atoms with Crippen LogP contribution in [0, 0.1) is 0 Å². The monoisotopic (exact) mass is 447 g/mol. The van der Waals surface area contributed by atoms with Crippen LogP contribution in [0.2, 0.25) is 0 Å². The molecule has 0 saturated carbocycles. The molecule has 7 nitrogen and oxygen atoms in total. The van der Waals surface area contributed by atoms with E-state index in [4.69, 9.17) is 9.47 Å². The third kappa shape index (κ3) is 4.40. The molecule has 0 saturated heterocycles. The molecule has 8 heteroatoms.